The average Bonchev–Trinajstić information content (AvgIpc) is 2.98. The lowest BCUT2D eigenvalue weighted by Crippen LogP contribution is -2.26. The van der Waals surface area contributed by atoms with Gasteiger partial charge in [0.05, 0.1) is 7.11 Å². The van der Waals surface area contributed by atoms with Gasteiger partial charge in [-0.3, -0.25) is 0 Å². The van der Waals surface area contributed by atoms with Crippen molar-refractivity contribution in [2.45, 2.75) is 12.8 Å². The Morgan fingerprint density at radius 3 is 2.50 bits per heavy atom. The lowest BCUT2D eigenvalue weighted by Gasteiger charge is -2.17. The standard InChI is InChI=1S/C19H21NO4/c1-13-11-20(19(21)22)12-16(13)14-8-9-17(23-2)18(10-14)24-15-6-4-3-5-7-15/h3-10,13,16H,11-12H2,1-2H3,(H,21,22)/t13-,16+/m1/s1. The van der Waals surface area contributed by atoms with Crippen molar-refractivity contribution in [1.82, 2.24) is 4.90 Å². The minimum Gasteiger partial charge on any atom is -0.493 e. The average molecular weight is 327 g/mol. The first-order chi connectivity index (χ1) is 11.6. The summed E-state index contributed by atoms with van der Waals surface area (Å²) in [4.78, 5) is 12.7. The van der Waals surface area contributed by atoms with Crippen LogP contribution in [0.3, 0.4) is 0 Å². The highest BCUT2D eigenvalue weighted by molar-refractivity contribution is 5.65. The summed E-state index contributed by atoms with van der Waals surface area (Å²) in [6, 6.07) is 15.4. The predicted molar refractivity (Wildman–Crippen MR) is 91.0 cm³/mol. The van der Waals surface area contributed by atoms with Crippen molar-refractivity contribution in [1.29, 1.82) is 0 Å². The van der Waals surface area contributed by atoms with Crippen LogP contribution in [0.5, 0.6) is 17.2 Å². The molecule has 1 aliphatic heterocycles. The van der Waals surface area contributed by atoms with E-state index in [0.717, 1.165) is 11.3 Å². The third kappa shape index (κ3) is 3.30. The van der Waals surface area contributed by atoms with Crippen LogP contribution in [0.2, 0.25) is 0 Å². The Morgan fingerprint density at radius 1 is 1.12 bits per heavy atom. The van der Waals surface area contributed by atoms with E-state index in [4.69, 9.17) is 9.47 Å². The molecule has 24 heavy (non-hydrogen) atoms. The van der Waals surface area contributed by atoms with Gasteiger partial charge in [0, 0.05) is 19.0 Å². The summed E-state index contributed by atoms with van der Waals surface area (Å²) in [5, 5.41) is 9.21. The number of hydrogen-bond donors (Lipinski definition) is 1. The van der Waals surface area contributed by atoms with Gasteiger partial charge in [0.1, 0.15) is 5.75 Å². The Balaban J connectivity index is 1.87. The van der Waals surface area contributed by atoms with Gasteiger partial charge in [-0.25, -0.2) is 4.79 Å². The molecule has 1 fully saturated rings. The smallest absolute Gasteiger partial charge is 0.407 e. The van der Waals surface area contributed by atoms with Gasteiger partial charge < -0.3 is 19.5 Å². The largest absolute Gasteiger partial charge is 0.493 e. The molecule has 0 spiro atoms. The molecular weight excluding hydrogens is 306 g/mol. The van der Waals surface area contributed by atoms with Crippen LogP contribution >= 0.6 is 0 Å². The van der Waals surface area contributed by atoms with E-state index < -0.39 is 6.09 Å². The van der Waals surface area contributed by atoms with E-state index >= 15 is 0 Å². The van der Waals surface area contributed by atoms with Crippen LogP contribution in [0, 0.1) is 5.92 Å². The lowest BCUT2D eigenvalue weighted by atomic mass is 9.90. The maximum absolute atomic E-state index is 11.2. The highest BCUT2D eigenvalue weighted by atomic mass is 16.5. The number of carbonyl (C=O) groups is 1. The Morgan fingerprint density at radius 2 is 1.88 bits per heavy atom. The van der Waals surface area contributed by atoms with Gasteiger partial charge in [-0.15, -0.1) is 0 Å². The third-order valence-corrected chi connectivity index (χ3v) is 4.47. The lowest BCUT2D eigenvalue weighted by molar-refractivity contribution is 0.154. The van der Waals surface area contributed by atoms with Gasteiger partial charge in [-0.1, -0.05) is 31.2 Å². The van der Waals surface area contributed by atoms with Crippen LogP contribution in [-0.2, 0) is 0 Å². The van der Waals surface area contributed by atoms with E-state index in [0.29, 0.717) is 24.6 Å². The molecule has 0 aromatic heterocycles. The molecule has 0 radical (unpaired) electrons. The van der Waals surface area contributed by atoms with Crippen molar-refractivity contribution in [2.24, 2.45) is 5.92 Å². The summed E-state index contributed by atoms with van der Waals surface area (Å²) in [6.07, 6.45) is -0.862. The zero-order valence-electron chi connectivity index (χ0n) is 13.8. The van der Waals surface area contributed by atoms with Crippen molar-refractivity contribution < 1.29 is 19.4 Å². The van der Waals surface area contributed by atoms with Gasteiger partial charge in [0.15, 0.2) is 11.5 Å². The third-order valence-electron chi connectivity index (χ3n) is 4.47. The molecule has 5 nitrogen and oxygen atoms in total. The Bertz CT molecular complexity index is 717. The molecule has 0 saturated carbocycles. The molecule has 1 heterocycles. The molecule has 1 aliphatic rings. The summed E-state index contributed by atoms with van der Waals surface area (Å²) in [6.45, 7) is 3.14. The van der Waals surface area contributed by atoms with Crippen molar-refractivity contribution in [3.05, 3.63) is 54.1 Å². The maximum Gasteiger partial charge on any atom is 0.407 e. The molecule has 126 valence electrons. The van der Waals surface area contributed by atoms with Crippen LogP contribution in [-0.4, -0.2) is 36.3 Å². The minimum absolute atomic E-state index is 0.158. The number of carboxylic acid groups (broad SMARTS) is 1. The molecule has 1 saturated heterocycles. The van der Waals surface area contributed by atoms with Gasteiger partial charge in [0.25, 0.3) is 0 Å². The molecular formula is C19H21NO4. The second kappa shape index (κ2) is 6.83. The fourth-order valence-electron chi connectivity index (χ4n) is 3.18. The Hall–Kier alpha value is -2.69. The highest BCUT2D eigenvalue weighted by Crippen LogP contribution is 2.38. The second-order valence-corrected chi connectivity index (χ2v) is 6.10. The van der Waals surface area contributed by atoms with E-state index in [-0.39, 0.29) is 11.8 Å². The summed E-state index contributed by atoms with van der Waals surface area (Å²) in [7, 11) is 1.61. The summed E-state index contributed by atoms with van der Waals surface area (Å²) < 4.78 is 11.3. The van der Waals surface area contributed by atoms with Gasteiger partial charge in [0.2, 0.25) is 0 Å². The van der Waals surface area contributed by atoms with E-state index in [1.807, 2.05) is 48.5 Å². The Kier molecular flexibility index (Phi) is 4.60. The first-order valence-corrected chi connectivity index (χ1v) is 7.97. The molecule has 3 rings (SSSR count). The van der Waals surface area contributed by atoms with Crippen LogP contribution in [0.4, 0.5) is 4.79 Å². The summed E-state index contributed by atoms with van der Waals surface area (Å²) in [5.41, 5.74) is 1.07. The van der Waals surface area contributed by atoms with E-state index in [1.54, 1.807) is 7.11 Å². The zero-order chi connectivity index (χ0) is 17.1. The molecule has 0 bridgehead atoms. The van der Waals surface area contributed by atoms with E-state index in [9.17, 15) is 9.90 Å². The van der Waals surface area contributed by atoms with Crippen molar-refractivity contribution in [2.75, 3.05) is 20.2 Å². The SMILES string of the molecule is COc1ccc([C@H]2CN(C(=O)O)C[C@H]2C)cc1Oc1ccccc1. The second-order valence-electron chi connectivity index (χ2n) is 6.10. The summed E-state index contributed by atoms with van der Waals surface area (Å²) >= 11 is 0. The van der Waals surface area contributed by atoms with Crippen LogP contribution in [0.25, 0.3) is 0 Å². The number of rotatable bonds is 4. The van der Waals surface area contributed by atoms with Crippen molar-refractivity contribution in [3.8, 4) is 17.2 Å². The summed E-state index contributed by atoms with van der Waals surface area (Å²) in [5.74, 6) is 2.45. The molecule has 2 aromatic rings. The highest BCUT2D eigenvalue weighted by Gasteiger charge is 2.33. The normalized spacial score (nSPS) is 20.0. The fourth-order valence-corrected chi connectivity index (χ4v) is 3.18. The van der Waals surface area contributed by atoms with Crippen LogP contribution in [0.1, 0.15) is 18.4 Å². The minimum atomic E-state index is -0.862. The zero-order valence-corrected chi connectivity index (χ0v) is 13.8. The van der Waals surface area contributed by atoms with Gasteiger partial charge >= 0.3 is 6.09 Å². The van der Waals surface area contributed by atoms with Crippen LogP contribution < -0.4 is 9.47 Å². The number of ether oxygens (including phenoxy) is 2. The van der Waals surface area contributed by atoms with E-state index in [1.165, 1.54) is 4.90 Å². The number of amides is 1. The van der Waals surface area contributed by atoms with E-state index in [2.05, 4.69) is 6.92 Å². The Labute approximate surface area is 141 Å². The van der Waals surface area contributed by atoms with Gasteiger partial charge in [-0.2, -0.15) is 0 Å². The fraction of sp³-hybridized carbons (Fsp3) is 0.316. The number of para-hydroxylation sites is 1. The number of nitrogens with zero attached hydrogens (tertiary/aromatic N) is 1. The molecule has 0 unspecified atom stereocenters. The quantitative estimate of drug-likeness (QED) is 0.914. The first kappa shape index (κ1) is 16.2. The molecule has 0 aliphatic carbocycles. The molecule has 1 N–H and O–H groups in total. The van der Waals surface area contributed by atoms with Crippen LogP contribution in [0.15, 0.2) is 48.5 Å². The topological polar surface area (TPSA) is 59.0 Å². The molecule has 2 aromatic carbocycles. The number of benzene rings is 2. The monoisotopic (exact) mass is 327 g/mol. The molecule has 5 heteroatoms. The molecule has 1 amide bonds. The number of hydrogen-bond acceptors (Lipinski definition) is 3. The van der Waals surface area contributed by atoms with Gasteiger partial charge in [-0.05, 0) is 35.7 Å². The maximum atomic E-state index is 11.2. The van der Waals surface area contributed by atoms with Crippen molar-refractivity contribution >= 4 is 6.09 Å². The van der Waals surface area contributed by atoms with Crippen molar-refractivity contribution in [3.63, 3.8) is 0 Å². The predicted octanol–water partition coefficient (Wildman–Crippen LogP) is 4.20. The number of likely N-dealkylation sites (tertiary alicyclic amines) is 1. The first-order valence-electron chi connectivity index (χ1n) is 7.97. The molecule has 2 atom stereocenters. The number of methoxy groups -OCH3 is 1.